The number of thioether (sulfide) groups is 1. The Balaban J connectivity index is 2.16. The normalized spacial score (nSPS) is 13.7. The number of amides is 3. The Morgan fingerprint density at radius 3 is 2.19 bits per heavy atom. The molecule has 0 aliphatic carbocycles. The summed E-state index contributed by atoms with van der Waals surface area (Å²) in [4.78, 5) is 69.0. The number of hydrogen-bond acceptors (Lipinski definition) is 8. The van der Waals surface area contributed by atoms with Crippen molar-refractivity contribution in [1.82, 2.24) is 20.9 Å². The third-order valence-electron chi connectivity index (χ3n) is 6.53. The third-order valence-corrected chi connectivity index (χ3v) is 7.18. The maximum Gasteiger partial charge on any atom is 0.326 e. The van der Waals surface area contributed by atoms with E-state index in [2.05, 4.69) is 25.9 Å². The van der Waals surface area contributed by atoms with Gasteiger partial charge in [-0.3, -0.25) is 24.2 Å². The molecule has 1 aromatic heterocycles. The fraction of sp³-hybridized carbons (Fsp3) is 0.481. The van der Waals surface area contributed by atoms with Crippen molar-refractivity contribution in [3.8, 4) is 0 Å². The Labute approximate surface area is 252 Å². The number of guanidine groups is 1. The number of carboxylic acid groups (broad SMARTS) is 2. The monoisotopic (exact) mass is 620 g/mol. The number of para-hydroxylation sites is 1. The van der Waals surface area contributed by atoms with E-state index in [1.54, 1.807) is 12.5 Å². The first-order valence-electron chi connectivity index (χ1n) is 13.6. The molecule has 0 bridgehead atoms. The maximum absolute atomic E-state index is 13.4. The first kappa shape index (κ1) is 34.9. The Bertz CT molecular complexity index is 1300. The number of aliphatic carboxylic acids is 2. The summed E-state index contributed by atoms with van der Waals surface area (Å²) in [5.41, 5.74) is 18.7. The second-order valence-electron chi connectivity index (χ2n) is 9.85. The fourth-order valence-electron chi connectivity index (χ4n) is 4.26. The molecule has 0 radical (unpaired) electrons. The minimum Gasteiger partial charge on any atom is -0.481 e. The van der Waals surface area contributed by atoms with Crippen LogP contribution < -0.4 is 33.2 Å². The number of benzene rings is 1. The van der Waals surface area contributed by atoms with Crippen LogP contribution >= 0.6 is 11.8 Å². The lowest BCUT2D eigenvalue weighted by molar-refractivity contribution is -0.143. The van der Waals surface area contributed by atoms with E-state index in [0.29, 0.717) is 12.2 Å². The summed E-state index contributed by atoms with van der Waals surface area (Å²) in [5.74, 6) is -4.36. The Kier molecular flexibility index (Phi) is 14.3. The van der Waals surface area contributed by atoms with Crippen LogP contribution in [0.4, 0.5) is 0 Å². The van der Waals surface area contributed by atoms with Crippen LogP contribution in [-0.2, 0) is 30.4 Å². The Morgan fingerprint density at radius 1 is 0.930 bits per heavy atom. The summed E-state index contributed by atoms with van der Waals surface area (Å²) in [7, 11) is 0. The highest BCUT2D eigenvalue weighted by Gasteiger charge is 2.30. The van der Waals surface area contributed by atoms with Crippen molar-refractivity contribution in [1.29, 1.82) is 0 Å². The van der Waals surface area contributed by atoms with E-state index in [4.69, 9.17) is 22.3 Å². The SMILES string of the molecule is CSCCC(NC(=O)C(CCCN=C(N)N)NC(=O)C(N)Cc1c[nH]c2ccccc12)C(=O)NC(CCC(=O)O)C(=O)O. The van der Waals surface area contributed by atoms with Gasteiger partial charge in [-0.25, -0.2) is 4.79 Å². The summed E-state index contributed by atoms with van der Waals surface area (Å²) in [6.45, 7) is 0.184. The van der Waals surface area contributed by atoms with Crippen LogP contribution in [0.25, 0.3) is 10.9 Å². The second kappa shape index (κ2) is 17.6. The van der Waals surface area contributed by atoms with E-state index < -0.39 is 60.2 Å². The molecule has 0 aliphatic rings. The lowest BCUT2D eigenvalue weighted by Gasteiger charge is -2.25. The smallest absolute Gasteiger partial charge is 0.326 e. The predicted octanol–water partition coefficient (Wildman–Crippen LogP) is -0.752. The van der Waals surface area contributed by atoms with Crippen molar-refractivity contribution in [3.63, 3.8) is 0 Å². The maximum atomic E-state index is 13.4. The highest BCUT2D eigenvalue weighted by atomic mass is 32.2. The van der Waals surface area contributed by atoms with E-state index in [9.17, 15) is 29.1 Å². The summed E-state index contributed by atoms with van der Waals surface area (Å²) in [5, 5.41) is 26.8. The van der Waals surface area contributed by atoms with Gasteiger partial charge in [-0.1, -0.05) is 18.2 Å². The number of aliphatic imine (C=N–C) groups is 1. The topological polar surface area (TPSA) is 268 Å². The van der Waals surface area contributed by atoms with Gasteiger partial charge in [-0.05, 0) is 55.7 Å². The first-order valence-corrected chi connectivity index (χ1v) is 15.0. The molecular weight excluding hydrogens is 580 g/mol. The van der Waals surface area contributed by atoms with E-state index in [0.717, 1.165) is 16.5 Å². The number of aromatic amines is 1. The van der Waals surface area contributed by atoms with Crippen LogP contribution in [-0.4, -0.2) is 93.5 Å². The summed E-state index contributed by atoms with van der Waals surface area (Å²) in [6.07, 6.45) is 3.54. The molecule has 2 aromatic rings. The van der Waals surface area contributed by atoms with Crippen LogP contribution in [0.3, 0.4) is 0 Å². The van der Waals surface area contributed by atoms with Gasteiger partial charge < -0.3 is 48.3 Å². The molecule has 4 atom stereocenters. The van der Waals surface area contributed by atoms with Crippen LogP contribution in [0.5, 0.6) is 0 Å². The highest BCUT2D eigenvalue weighted by Crippen LogP contribution is 2.19. The number of H-pyrrole nitrogens is 1. The number of hydrogen-bond donors (Lipinski definition) is 9. The molecule has 15 nitrogen and oxygen atoms in total. The van der Waals surface area contributed by atoms with Crippen molar-refractivity contribution < 1.29 is 34.2 Å². The number of nitrogens with one attached hydrogen (secondary N) is 4. The lowest BCUT2D eigenvalue weighted by Crippen LogP contribution is -2.57. The van der Waals surface area contributed by atoms with Crippen LogP contribution in [0, 0.1) is 0 Å². The van der Waals surface area contributed by atoms with E-state index in [1.807, 2.05) is 24.3 Å². The van der Waals surface area contributed by atoms with Crippen molar-refractivity contribution in [3.05, 3.63) is 36.0 Å². The van der Waals surface area contributed by atoms with Gasteiger partial charge in [0.05, 0.1) is 6.04 Å². The predicted molar refractivity (Wildman–Crippen MR) is 163 cm³/mol. The molecule has 0 spiro atoms. The van der Waals surface area contributed by atoms with E-state index >= 15 is 0 Å². The molecule has 0 saturated carbocycles. The van der Waals surface area contributed by atoms with E-state index in [-0.39, 0.29) is 38.2 Å². The van der Waals surface area contributed by atoms with Crippen LogP contribution in [0.2, 0.25) is 0 Å². The number of nitrogens with two attached hydrogens (primary N) is 3. The van der Waals surface area contributed by atoms with Crippen molar-refractivity contribution in [2.75, 3.05) is 18.6 Å². The highest BCUT2D eigenvalue weighted by molar-refractivity contribution is 7.98. The molecule has 236 valence electrons. The molecule has 16 heteroatoms. The number of nitrogens with zero attached hydrogens (tertiary/aromatic N) is 1. The molecule has 43 heavy (non-hydrogen) atoms. The molecule has 1 heterocycles. The van der Waals surface area contributed by atoms with Crippen molar-refractivity contribution >= 4 is 58.3 Å². The zero-order valence-corrected chi connectivity index (χ0v) is 24.7. The minimum atomic E-state index is -1.46. The zero-order valence-electron chi connectivity index (χ0n) is 23.9. The summed E-state index contributed by atoms with van der Waals surface area (Å²) < 4.78 is 0. The fourth-order valence-corrected chi connectivity index (χ4v) is 4.73. The van der Waals surface area contributed by atoms with Gasteiger partial charge in [-0.2, -0.15) is 11.8 Å². The number of aromatic nitrogens is 1. The summed E-state index contributed by atoms with van der Waals surface area (Å²) >= 11 is 1.41. The molecule has 0 aliphatic heterocycles. The number of carbonyl (C=O) groups is 5. The first-order chi connectivity index (χ1) is 20.4. The number of carbonyl (C=O) groups excluding carboxylic acids is 3. The largest absolute Gasteiger partial charge is 0.481 e. The molecule has 0 fully saturated rings. The van der Waals surface area contributed by atoms with Crippen molar-refractivity contribution in [2.45, 2.75) is 62.7 Å². The number of carboxylic acids is 2. The second-order valence-corrected chi connectivity index (χ2v) is 10.8. The van der Waals surface area contributed by atoms with Crippen LogP contribution in [0.1, 0.15) is 37.7 Å². The number of fused-ring (bicyclic) bond motifs is 1. The molecular formula is C27H40N8O7S. The molecule has 0 saturated heterocycles. The van der Waals surface area contributed by atoms with E-state index in [1.165, 1.54) is 11.8 Å². The Hall–Kier alpha value is -4.31. The molecule has 4 unspecified atom stereocenters. The van der Waals surface area contributed by atoms with Gasteiger partial charge in [-0.15, -0.1) is 0 Å². The molecule has 2 rings (SSSR count). The van der Waals surface area contributed by atoms with Crippen LogP contribution in [0.15, 0.2) is 35.5 Å². The van der Waals surface area contributed by atoms with Gasteiger partial charge in [0.25, 0.3) is 0 Å². The summed E-state index contributed by atoms with van der Waals surface area (Å²) in [6, 6.07) is 2.84. The van der Waals surface area contributed by atoms with Crippen molar-refractivity contribution in [2.24, 2.45) is 22.2 Å². The third kappa shape index (κ3) is 11.8. The average Bonchev–Trinajstić information content (AvgIpc) is 3.36. The van der Waals surface area contributed by atoms with Gasteiger partial charge in [0.2, 0.25) is 17.7 Å². The number of rotatable bonds is 19. The minimum absolute atomic E-state index is 0.112. The average molecular weight is 621 g/mol. The Morgan fingerprint density at radius 2 is 1.56 bits per heavy atom. The quantitative estimate of drug-likeness (QED) is 0.0535. The molecule has 12 N–H and O–H groups in total. The van der Waals surface area contributed by atoms with Gasteiger partial charge in [0, 0.05) is 30.1 Å². The standard InChI is InChI=1S/C27H40N8O7S/c1-43-12-10-20(25(40)35-21(26(41)42)8-9-22(36)37)34-24(39)19(7-4-11-31-27(29)30)33-23(38)17(28)13-15-14-32-18-6-3-2-5-16(15)18/h2-3,5-6,14,17,19-21,32H,4,7-13,28H2,1H3,(H,33,38)(H,34,39)(H,35,40)(H,36,37)(H,41,42)(H4,29,30,31). The van der Waals surface area contributed by atoms with Gasteiger partial charge in [0.15, 0.2) is 5.96 Å². The lowest BCUT2D eigenvalue weighted by atomic mass is 10.0. The molecule has 3 amide bonds. The molecule has 1 aromatic carbocycles. The van der Waals surface area contributed by atoms with Gasteiger partial charge in [0.1, 0.15) is 18.1 Å². The van der Waals surface area contributed by atoms with Gasteiger partial charge >= 0.3 is 11.9 Å². The zero-order chi connectivity index (χ0) is 31.9.